The van der Waals surface area contributed by atoms with Crippen LogP contribution < -0.4 is 10.2 Å². The zero-order valence-corrected chi connectivity index (χ0v) is 18.7. The maximum atomic E-state index is 12.8. The number of benzene rings is 1. The Morgan fingerprint density at radius 3 is 2.52 bits per heavy atom. The third-order valence-electron chi connectivity index (χ3n) is 7.03. The van der Waals surface area contributed by atoms with Crippen LogP contribution in [-0.4, -0.2) is 80.6 Å². The molecule has 7 nitrogen and oxygen atoms in total. The van der Waals surface area contributed by atoms with Gasteiger partial charge in [0, 0.05) is 37.6 Å². The van der Waals surface area contributed by atoms with E-state index >= 15 is 0 Å². The molecular weight excluding hydrogens is 392 g/mol. The molecule has 4 rings (SSSR count). The smallest absolute Gasteiger partial charge is 0.243 e. The van der Waals surface area contributed by atoms with Gasteiger partial charge in [-0.2, -0.15) is 0 Å². The van der Waals surface area contributed by atoms with E-state index in [1.807, 2.05) is 24.3 Å². The standard InChI is InChI=1S/C24H36N4O3/c1-26(24(30)18-28-12-4-6-19-5-2-3-7-22(19)28)17-23(29)25-20-8-10-21(11-9-20)27-13-15-31-16-14-27/h8-11,19,22H,2-7,12-18H2,1H3,(H,25,29)/t19-,22-/m0/s1. The summed E-state index contributed by atoms with van der Waals surface area (Å²) in [5, 5.41) is 2.92. The van der Waals surface area contributed by atoms with E-state index in [1.54, 1.807) is 11.9 Å². The van der Waals surface area contributed by atoms with Crippen LogP contribution in [0.3, 0.4) is 0 Å². The van der Waals surface area contributed by atoms with Gasteiger partial charge in [0.15, 0.2) is 0 Å². The molecule has 31 heavy (non-hydrogen) atoms. The van der Waals surface area contributed by atoms with Crippen LogP contribution in [0.2, 0.25) is 0 Å². The molecule has 3 fully saturated rings. The Morgan fingerprint density at radius 1 is 1.03 bits per heavy atom. The Hall–Kier alpha value is -2.12. The van der Waals surface area contributed by atoms with Crippen molar-refractivity contribution in [3.63, 3.8) is 0 Å². The molecule has 0 radical (unpaired) electrons. The number of hydrogen-bond acceptors (Lipinski definition) is 5. The molecule has 2 saturated heterocycles. The summed E-state index contributed by atoms with van der Waals surface area (Å²) < 4.78 is 5.39. The number of amides is 2. The Labute approximate surface area is 185 Å². The van der Waals surface area contributed by atoms with E-state index in [0.717, 1.165) is 50.1 Å². The number of nitrogens with one attached hydrogen (secondary N) is 1. The average Bonchev–Trinajstić information content (AvgIpc) is 2.80. The zero-order chi connectivity index (χ0) is 21.6. The summed E-state index contributed by atoms with van der Waals surface area (Å²) in [4.78, 5) is 31.5. The number of likely N-dealkylation sites (tertiary alicyclic amines) is 1. The van der Waals surface area contributed by atoms with Crippen LogP contribution >= 0.6 is 0 Å². The van der Waals surface area contributed by atoms with Crippen molar-refractivity contribution in [1.29, 1.82) is 0 Å². The summed E-state index contributed by atoms with van der Waals surface area (Å²) in [5.74, 6) is 0.623. The lowest BCUT2D eigenvalue weighted by Gasteiger charge is -2.44. The van der Waals surface area contributed by atoms with E-state index in [4.69, 9.17) is 4.74 Å². The second-order valence-electron chi connectivity index (χ2n) is 9.17. The molecule has 0 spiro atoms. The fourth-order valence-corrected chi connectivity index (χ4v) is 5.30. The number of hydrogen-bond donors (Lipinski definition) is 1. The van der Waals surface area contributed by atoms with Gasteiger partial charge in [-0.15, -0.1) is 0 Å². The predicted octanol–water partition coefficient (Wildman–Crippen LogP) is 2.57. The molecule has 2 aliphatic heterocycles. The highest BCUT2D eigenvalue weighted by Crippen LogP contribution is 2.35. The van der Waals surface area contributed by atoms with Crippen LogP contribution in [0.25, 0.3) is 0 Å². The van der Waals surface area contributed by atoms with Crippen LogP contribution in [0.4, 0.5) is 11.4 Å². The second kappa shape index (κ2) is 10.5. The number of piperidine rings is 1. The molecule has 0 aromatic heterocycles. The molecule has 2 heterocycles. The number of ether oxygens (including phenoxy) is 1. The summed E-state index contributed by atoms with van der Waals surface area (Å²) in [5.41, 5.74) is 1.89. The van der Waals surface area contributed by atoms with Crippen molar-refractivity contribution in [2.75, 3.05) is 63.2 Å². The Balaban J connectivity index is 1.24. The molecule has 170 valence electrons. The van der Waals surface area contributed by atoms with Gasteiger partial charge >= 0.3 is 0 Å². The van der Waals surface area contributed by atoms with E-state index in [0.29, 0.717) is 12.6 Å². The predicted molar refractivity (Wildman–Crippen MR) is 122 cm³/mol. The monoisotopic (exact) mass is 428 g/mol. The van der Waals surface area contributed by atoms with E-state index in [9.17, 15) is 9.59 Å². The molecule has 3 aliphatic rings. The first kappa shape index (κ1) is 22.1. The van der Waals surface area contributed by atoms with E-state index in [2.05, 4.69) is 15.1 Å². The van der Waals surface area contributed by atoms with Crippen LogP contribution in [-0.2, 0) is 14.3 Å². The van der Waals surface area contributed by atoms with Crippen molar-refractivity contribution in [1.82, 2.24) is 9.80 Å². The van der Waals surface area contributed by atoms with Crippen LogP contribution in [0.5, 0.6) is 0 Å². The maximum absolute atomic E-state index is 12.8. The molecule has 1 aromatic rings. The molecule has 2 atom stereocenters. The van der Waals surface area contributed by atoms with Crippen LogP contribution in [0.1, 0.15) is 38.5 Å². The normalized spacial score (nSPS) is 24.4. The van der Waals surface area contributed by atoms with Crippen molar-refractivity contribution in [3.8, 4) is 0 Å². The quantitative estimate of drug-likeness (QED) is 0.755. The average molecular weight is 429 g/mol. The number of carbonyl (C=O) groups is 2. The molecule has 0 bridgehead atoms. The van der Waals surface area contributed by atoms with Crippen molar-refractivity contribution in [3.05, 3.63) is 24.3 Å². The fraction of sp³-hybridized carbons (Fsp3) is 0.667. The fourth-order valence-electron chi connectivity index (χ4n) is 5.30. The highest BCUT2D eigenvalue weighted by molar-refractivity contribution is 5.94. The Kier molecular flexibility index (Phi) is 7.45. The first-order chi connectivity index (χ1) is 15.1. The van der Waals surface area contributed by atoms with Crippen molar-refractivity contribution >= 4 is 23.2 Å². The summed E-state index contributed by atoms with van der Waals surface area (Å²) in [6, 6.07) is 8.43. The van der Waals surface area contributed by atoms with Gasteiger partial charge in [-0.05, 0) is 62.4 Å². The second-order valence-corrected chi connectivity index (χ2v) is 9.17. The summed E-state index contributed by atoms with van der Waals surface area (Å²) >= 11 is 0. The van der Waals surface area contributed by atoms with Crippen LogP contribution in [0.15, 0.2) is 24.3 Å². The number of rotatable bonds is 6. The van der Waals surface area contributed by atoms with Crippen molar-refractivity contribution in [2.24, 2.45) is 5.92 Å². The number of anilines is 2. The molecule has 7 heteroatoms. The number of carbonyl (C=O) groups excluding carboxylic acids is 2. The molecule has 2 amide bonds. The van der Waals surface area contributed by atoms with Crippen molar-refractivity contribution < 1.29 is 14.3 Å². The SMILES string of the molecule is CN(CC(=O)Nc1ccc(N2CCOCC2)cc1)C(=O)CN1CCC[C@@H]2CCCC[C@@H]21. The van der Waals surface area contributed by atoms with Gasteiger partial charge in [-0.3, -0.25) is 14.5 Å². The minimum atomic E-state index is -0.163. The maximum Gasteiger partial charge on any atom is 0.243 e. The molecule has 1 aliphatic carbocycles. The number of likely N-dealkylation sites (N-methyl/N-ethyl adjacent to an activating group) is 1. The number of morpholine rings is 1. The molecule has 1 N–H and O–H groups in total. The highest BCUT2D eigenvalue weighted by atomic mass is 16.5. The largest absolute Gasteiger partial charge is 0.378 e. The van der Waals surface area contributed by atoms with Gasteiger partial charge in [0.1, 0.15) is 0 Å². The van der Waals surface area contributed by atoms with E-state index < -0.39 is 0 Å². The van der Waals surface area contributed by atoms with Gasteiger partial charge in [0.2, 0.25) is 11.8 Å². The summed E-state index contributed by atoms with van der Waals surface area (Å²) in [6.45, 7) is 4.78. The highest BCUT2D eigenvalue weighted by Gasteiger charge is 2.34. The first-order valence-electron chi connectivity index (χ1n) is 11.8. The van der Waals surface area contributed by atoms with Crippen molar-refractivity contribution in [2.45, 2.75) is 44.6 Å². The van der Waals surface area contributed by atoms with Gasteiger partial charge < -0.3 is 19.9 Å². The third-order valence-corrected chi connectivity index (χ3v) is 7.03. The van der Waals surface area contributed by atoms with E-state index in [-0.39, 0.29) is 18.4 Å². The Morgan fingerprint density at radius 2 is 1.74 bits per heavy atom. The summed E-state index contributed by atoms with van der Waals surface area (Å²) in [6.07, 6.45) is 7.60. The lowest BCUT2D eigenvalue weighted by atomic mass is 9.78. The molecule has 0 unspecified atom stereocenters. The third kappa shape index (κ3) is 5.77. The number of nitrogens with zero attached hydrogens (tertiary/aromatic N) is 3. The molecular formula is C24H36N4O3. The van der Waals surface area contributed by atoms with Gasteiger partial charge in [-0.25, -0.2) is 0 Å². The molecule has 1 saturated carbocycles. The zero-order valence-electron chi connectivity index (χ0n) is 18.7. The minimum Gasteiger partial charge on any atom is -0.378 e. The molecule has 1 aromatic carbocycles. The Bertz CT molecular complexity index is 746. The minimum absolute atomic E-state index is 0.0315. The van der Waals surface area contributed by atoms with Gasteiger partial charge in [-0.1, -0.05) is 12.8 Å². The first-order valence-corrected chi connectivity index (χ1v) is 11.8. The lowest BCUT2D eigenvalue weighted by molar-refractivity contribution is -0.135. The van der Waals surface area contributed by atoms with E-state index in [1.165, 1.54) is 38.5 Å². The lowest BCUT2D eigenvalue weighted by Crippen LogP contribution is -2.51. The topological polar surface area (TPSA) is 65.1 Å². The van der Waals surface area contributed by atoms with Gasteiger partial charge in [0.05, 0.1) is 26.3 Å². The number of fused-ring (bicyclic) bond motifs is 1. The van der Waals surface area contributed by atoms with Gasteiger partial charge in [0.25, 0.3) is 0 Å². The van der Waals surface area contributed by atoms with Crippen LogP contribution in [0, 0.1) is 5.92 Å². The summed E-state index contributed by atoms with van der Waals surface area (Å²) in [7, 11) is 1.73.